The van der Waals surface area contributed by atoms with E-state index in [-0.39, 0.29) is 11.5 Å². The molecule has 0 saturated heterocycles. The molecule has 0 radical (unpaired) electrons. The molecule has 0 spiro atoms. The Kier molecular flexibility index (Phi) is 5.19. The Labute approximate surface area is 149 Å². The number of esters is 2. The summed E-state index contributed by atoms with van der Waals surface area (Å²) >= 11 is 0. The zero-order valence-electron chi connectivity index (χ0n) is 13.6. The van der Waals surface area contributed by atoms with Crippen molar-refractivity contribution in [1.82, 2.24) is 0 Å². The van der Waals surface area contributed by atoms with Gasteiger partial charge in [-0.25, -0.2) is 9.59 Å². The molecule has 3 aromatic carbocycles. The monoisotopic (exact) mass is 346 g/mol. The van der Waals surface area contributed by atoms with Crippen LogP contribution in [0.2, 0.25) is 0 Å². The molecule has 3 aromatic rings. The molecule has 0 aliphatic heterocycles. The van der Waals surface area contributed by atoms with E-state index < -0.39 is 11.9 Å². The third kappa shape index (κ3) is 4.02. The van der Waals surface area contributed by atoms with E-state index in [4.69, 9.17) is 9.47 Å². The molecular formula is C21H14O5. The molecule has 0 fully saturated rings. The van der Waals surface area contributed by atoms with Crippen LogP contribution in [0.5, 0.6) is 11.5 Å². The molecule has 0 saturated carbocycles. The highest BCUT2D eigenvalue weighted by atomic mass is 16.6. The summed E-state index contributed by atoms with van der Waals surface area (Å²) in [5.41, 5.74) is 0.983. The lowest BCUT2D eigenvalue weighted by Gasteiger charge is -2.11. The Morgan fingerprint density at radius 2 is 1.15 bits per heavy atom. The second-order valence-corrected chi connectivity index (χ2v) is 5.34. The molecule has 5 nitrogen and oxygen atoms in total. The van der Waals surface area contributed by atoms with Gasteiger partial charge in [0.25, 0.3) is 0 Å². The highest BCUT2D eigenvalue weighted by Crippen LogP contribution is 2.29. The van der Waals surface area contributed by atoms with Crippen LogP contribution >= 0.6 is 0 Å². The SMILES string of the molecule is O=Cc1ccc(OC(=O)c2ccccc2)c(OC(=O)c2ccccc2)c1. The van der Waals surface area contributed by atoms with Gasteiger partial charge >= 0.3 is 11.9 Å². The number of hydrogen-bond donors (Lipinski definition) is 0. The van der Waals surface area contributed by atoms with Crippen LogP contribution in [0.3, 0.4) is 0 Å². The molecule has 26 heavy (non-hydrogen) atoms. The summed E-state index contributed by atoms with van der Waals surface area (Å²) < 4.78 is 10.7. The molecule has 0 aliphatic rings. The zero-order valence-corrected chi connectivity index (χ0v) is 13.6. The van der Waals surface area contributed by atoms with Gasteiger partial charge in [-0.15, -0.1) is 0 Å². The first-order valence-corrected chi connectivity index (χ1v) is 7.81. The molecule has 0 aromatic heterocycles. The number of carbonyl (C=O) groups excluding carboxylic acids is 3. The number of ether oxygens (including phenoxy) is 2. The third-order valence-corrected chi connectivity index (χ3v) is 3.53. The summed E-state index contributed by atoms with van der Waals surface area (Å²) in [5.74, 6) is -1.17. The summed E-state index contributed by atoms with van der Waals surface area (Å²) in [4.78, 5) is 35.5. The van der Waals surface area contributed by atoms with E-state index in [2.05, 4.69) is 0 Å². The van der Waals surface area contributed by atoms with E-state index in [1.165, 1.54) is 18.2 Å². The minimum Gasteiger partial charge on any atom is -0.419 e. The van der Waals surface area contributed by atoms with E-state index in [0.29, 0.717) is 23.0 Å². The molecule has 0 aliphatic carbocycles. The van der Waals surface area contributed by atoms with Gasteiger partial charge in [0.1, 0.15) is 6.29 Å². The van der Waals surface area contributed by atoms with Crippen molar-refractivity contribution in [2.24, 2.45) is 0 Å². The molecular weight excluding hydrogens is 332 g/mol. The van der Waals surface area contributed by atoms with Gasteiger partial charge in [0, 0.05) is 5.56 Å². The van der Waals surface area contributed by atoms with Crippen molar-refractivity contribution in [3.8, 4) is 11.5 Å². The highest BCUT2D eigenvalue weighted by Gasteiger charge is 2.16. The van der Waals surface area contributed by atoms with Crippen molar-refractivity contribution >= 4 is 18.2 Å². The predicted octanol–water partition coefficient (Wildman–Crippen LogP) is 3.94. The Morgan fingerprint density at radius 3 is 1.65 bits per heavy atom. The fourth-order valence-electron chi connectivity index (χ4n) is 2.23. The van der Waals surface area contributed by atoms with Gasteiger partial charge in [0.2, 0.25) is 0 Å². The van der Waals surface area contributed by atoms with Gasteiger partial charge in [0.15, 0.2) is 11.5 Å². The van der Waals surface area contributed by atoms with Gasteiger partial charge in [-0.05, 0) is 42.5 Å². The fourth-order valence-corrected chi connectivity index (χ4v) is 2.23. The molecule has 0 unspecified atom stereocenters. The Bertz CT molecular complexity index is 933. The summed E-state index contributed by atoms with van der Waals surface area (Å²) in [6, 6.07) is 21.0. The summed E-state index contributed by atoms with van der Waals surface area (Å²) in [7, 11) is 0. The predicted molar refractivity (Wildman–Crippen MR) is 94.6 cm³/mol. The number of carbonyl (C=O) groups is 3. The van der Waals surface area contributed by atoms with Crippen LogP contribution in [0.4, 0.5) is 0 Å². The van der Waals surface area contributed by atoms with E-state index in [1.807, 2.05) is 0 Å². The van der Waals surface area contributed by atoms with Crippen molar-refractivity contribution in [1.29, 1.82) is 0 Å². The minimum atomic E-state index is -0.620. The first-order chi connectivity index (χ1) is 12.7. The molecule has 3 rings (SSSR count). The van der Waals surface area contributed by atoms with Gasteiger partial charge in [0.05, 0.1) is 11.1 Å². The first kappa shape index (κ1) is 17.1. The Hall–Kier alpha value is -3.73. The van der Waals surface area contributed by atoms with E-state index in [1.54, 1.807) is 60.7 Å². The number of hydrogen-bond acceptors (Lipinski definition) is 5. The summed E-state index contributed by atoms with van der Waals surface area (Å²) in [5, 5.41) is 0. The maximum Gasteiger partial charge on any atom is 0.343 e. The van der Waals surface area contributed by atoms with Crippen molar-refractivity contribution in [2.75, 3.05) is 0 Å². The van der Waals surface area contributed by atoms with E-state index in [0.717, 1.165) is 0 Å². The fraction of sp³-hybridized carbons (Fsp3) is 0. The van der Waals surface area contributed by atoms with Crippen molar-refractivity contribution in [2.45, 2.75) is 0 Å². The standard InChI is InChI=1S/C21H14O5/c22-14-15-11-12-18(25-20(23)16-7-3-1-4-8-16)19(13-15)26-21(24)17-9-5-2-6-10-17/h1-14H. The van der Waals surface area contributed by atoms with Crippen LogP contribution in [-0.2, 0) is 0 Å². The zero-order chi connectivity index (χ0) is 18.4. The number of rotatable bonds is 5. The van der Waals surface area contributed by atoms with Crippen molar-refractivity contribution in [3.63, 3.8) is 0 Å². The Morgan fingerprint density at radius 1 is 0.654 bits per heavy atom. The lowest BCUT2D eigenvalue weighted by Crippen LogP contribution is -2.12. The van der Waals surface area contributed by atoms with Crippen LogP contribution in [0.1, 0.15) is 31.1 Å². The highest BCUT2D eigenvalue weighted by molar-refractivity contribution is 5.93. The van der Waals surface area contributed by atoms with Gasteiger partial charge in [-0.1, -0.05) is 36.4 Å². The largest absolute Gasteiger partial charge is 0.419 e. The average Bonchev–Trinajstić information content (AvgIpc) is 2.70. The molecule has 128 valence electrons. The van der Waals surface area contributed by atoms with Crippen LogP contribution in [-0.4, -0.2) is 18.2 Å². The third-order valence-electron chi connectivity index (χ3n) is 3.53. The molecule has 5 heteroatoms. The second kappa shape index (κ2) is 7.90. The van der Waals surface area contributed by atoms with Crippen molar-refractivity contribution < 1.29 is 23.9 Å². The maximum atomic E-state index is 12.3. The van der Waals surface area contributed by atoms with Crippen LogP contribution in [0.15, 0.2) is 78.9 Å². The number of benzene rings is 3. The smallest absolute Gasteiger partial charge is 0.343 e. The Balaban J connectivity index is 1.87. The lowest BCUT2D eigenvalue weighted by molar-refractivity contribution is 0.0682. The van der Waals surface area contributed by atoms with Gasteiger partial charge in [-0.2, -0.15) is 0 Å². The van der Waals surface area contributed by atoms with E-state index in [9.17, 15) is 14.4 Å². The average molecular weight is 346 g/mol. The van der Waals surface area contributed by atoms with Gasteiger partial charge < -0.3 is 9.47 Å². The minimum absolute atomic E-state index is 0.00673. The molecule has 0 N–H and O–H groups in total. The molecule has 0 atom stereocenters. The first-order valence-electron chi connectivity index (χ1n) is 7.81. The number of aldehydes is 1. The molecule has 0 heterocycles. The van der Waals surface area contributed by atoms with Crippen LogP contribution < -0.4 is 9.47 Å². The van der Waals surface area contributed by atoms with E-state index >= 15 is 0 Å². The normalized spacial score (nSPS) is 10.0. The summed E-state index contributed by atoms with van der Waals surface area (Å²) in [6.07, 6.45) is 0.614. The van der Waals surface area contributed by atoms with Gasteiger partial charge in [-0.3, -0.25) is 4.79 Å². The molecule has 0 amide bonds. The van der Waals surface area contributed by atoms with Crippen LogP contribution in [0.25, 0.3) is 0 Å². The lowest BCUT2D eigenvalue weighted by atomic mass is 10.2. The van der Waals surface area contributed by atoms with Crippen LogP contribution in [0, 0.1) is 0 Å². The maximum absolute atomic E-state index is 12.3. The van der Waals surface area contributed by atoms with Crippen molar-refractivity contribution in [3.05, 3.63) is 95.6 Å². The topological polar surface area (TPSA) is 69.7 Å². The molecule has 0 bridgehead atoms. The second-order valence-electron chi connectivity index (χ2n) is 5.34. The quantitative estimate of drug-likeness (QED) is 0.398. The summed E-state index contributed by atoms with van der Waals surface area (Å²) in [6.45, 7) is 0.